The topological polar surface area (TPSA) is 62.6 Å². The van der Waals surface area contributed by atoms with Gasteiger partial charge in [0.05, 0.1) is 5.92 Å². The molecule has 1 aliphatic heterocycles. The Hall–Kier alpha value is -2.21. The average Bonchev–Trinajstić information content (AvgIpc) is 3.14. The highest BCUT2D eigenvalue weighted by Gasteiger charge is 2.35. The second-order valence-corrected chi connectivity index (χ2v) is 7.14. The zero-order chi connectivity index (χ0) is 18.0. The van der Waals surface area contributed by atoms with Gasteiger partial charge in [-0.3, -0.25) is 9.59 Å². The van der Waals surface area contributed by atoms with Gasteiger partial charge in [-0.05, 0) is 50.4 Å². The molecule has 1 saturated heterocycles. The minimum Gasteiger partial charge on any atom is -0.466 e. The first-order chi connectivity index (χ1) is 12.0. The van der Waals surface area contributed by atoms with Crippen LogP contribution in [0.5, 0.6) is 0 Å². The Labute approximate surface area is 151 Å². The van der Waals surface area contributed by atoms with Crippen molar-refractivity contribution in [1.82, 2.24) is 5.32 Å². The Morgan fingerprint density at radius 3 is 2.64 bits per heavy atom. The van der Waals surface area contributed by atoms with Crippen LogP contribution in [-0.4, -0.2) is 24.6 Å². The first-order valence-corrected chi connectivity index (χ1v) is 9.48. The van der Waals surface area contributed by atoms with Crippen molar-refractivity contribution in [2.75, 3.05) is 17.7 Å². The summed E-state index contributed by atoms with van der Waals surface area (Å²) in [5, 5.41) is 2.92. The minimum absolute atomic E-state index is 0.00705. The van der Waals surface area contributed by atoms with E-state index in [9.17, 15) is 9.59 Å². The Bertz CT molecular complexity index is 782. The summed E-state index contributed by atoms with van der Waals surface area (Å²) >= 11 is 1.66. The standard InChI is InChI=1S/C19H22N2O3S/c1-12-8-14(13(2)24-12)10-20-19(23)15-9-18(22)21(11-15)16-4-6-17(25-3)7-5-16/h4-8,15H,9-11H2,1-3H3,(H,20,23). The number of nitrogens with zero attached hydrogens (tertiary/aromatic N) is 1. The van der Waals surface area contributed by atoms with E-state index in [0.717, 1.165) is 27.7 Å². The molecule has 1 aliphatic rings. The van der Waals surface area contributed by atoms with Gasteiger partial charge in [-0.1, -0.05) is 0 Å². The predicted molar refractivity (Wildman–Crippen MR) is 98.7 cm³/mol. The second kappa shape index (κ2) is 7.35. The number of anilines is 1. The van der Waals surface area contributed by atoms with E-state index in [1.165, 1.54) is 0 Å². The van der Waals surface area contributed by atoms with Crippen LogP contribution in [0.2, 0.25) is 0 Å². The molecule has 1 atom stereocenters. The molecule has 1 aromatic heterocycles. The SMILES string of the molecule is CSc1ccc(N2CC(C(=O)NCc3cc(C)oc3C)CC2=O)cc1. The molecule has 2 heterocycles. The van der Waals surface area contributed by atoms with Gasteiger partial charge in [-0.25, -0.2) is 0 Å². The van der Waals surface area contributed by atoms with Gasteiger partial charge in [-0.2, -0.15) is 0 Å². The van der Waals surface area contributed by atoms with E-state index in [1.54, 1.807) is 16.7 Å². The molecule has 1 aromatic carbocycles. The van der Waals surface area contributed by atoms with Crippen LogP contribution in [0.3, 0.4) is 0 Å². The molecule has 0 bridgehead atoms. The highest BCUT2D eigenvalue weighted by atomic mass is 32.2. The summed E-state index contributed by atoms with van der Waals surface area (Å²) in [7, 11) is 0. The lowest BCUT2D eigenvalue weighted by atomic mass is 10.1. The molecule has 1 unspecified atom stereocenters. The third kappa shape index (κ3) is 3.90. The van der Waals surface area contributed by atoms with E-state index in [4.69, 9.17) is 4.42 Å². The van der Waals surface area contributed by atoms with Crippen LogP contribution in [0.25, 0.3) is 0 Å². The zero-order valence-corrected chi connectivity index (χ0v) is 15.5. The van der Waals surface area contributed by atoms with Crippen LogP contribution in [-0.2, 0) is 16.1 Å². The van der Waals surface area contributed by atoms with Crippen molar-refractivity contribution < 1.29 is 14.0 Å². The van der Waals surface area contributed by atoms with E-state index in [2.05, 4.69) is 5.32 Å². The van der Waals surface area contributed by atoms with Crippen LogP contribution in [0.4, 0.5) is 5.69 Å². The van der Waals surface area contributed by atoms with Crippen LogP contribution >= 0.6 is 11.8 Å². The lowest BCUT2D eigenvalue weighted by Crippen LogP contribution is -2.32. The quantitative estimate of drug-likeness (QED) is 0.833. The predicted octanol–water partition coefficient (Wildman–Crippen LogP) is 3.29. The smallest absolute Gasteiger partial charge is 0.227 e. The maximum atomic E-state index is 12.4. The summed E-state index contributed by atoms with van der Waals surface area (Å²) in [5.41, 5.74) is 1.82. The maximum absolute atomic E-state index is 12.4. The third-order valence-electron chi connectivity index (χ3n) is 4.48. The Balaban J connectivity index is 1.61. The van der Waals surface area contributed by atoms with E-state index < -0.39 is 0 Å². The number of thioether (sulfide) groups is 1. The number of nitrogens with one attached hydrogen (secondary N) is 1. The van der Waals surface area contributed by atoms with Gasteiger partial charge in [0.1, 0.15) is 11.5 Å². The van der Waals surface area contributed by atoms with Crippen molar-refractivity contribution in [3.05, 3.63) is 47.4 Å². The van der Waals surface area contributed by atoms with Crippen LogP contribution in [0.1, 0.15) is 23.5 Å². The summed E-state index contributed by atoms with van der Waals surface area (Å²) in [6.45, 7) is 4.61. The number of carbonyl (C=O) groups excluding carboxylic acids is 2. The normalized spacial score (nSPS) is 17.2. The maximum Gasteiger partial charge on any atom is 0.227 e. The Morgan fingerprint density at radius 1 is 1.32 bits per heavy atom. The van der Waals surface area contributed by atoms with Gasteiger partial charge < -0.3 is 14.6 Å². The van der Waals surface area contributed by atoms with Gasteiger partial charge in [0, 0.05) is 35.7 Å². The minimum atomic E-state index is -0.318. The third-order valence-corrected chi connectivity index (χ3v) is 5.22. The van der Waals surface area contributed by atoms with Crippen LogP contribution in [0.15, 0.2) is 39.6 Å². The number of rotatable bonds is 5. The average molecular weight is 358 g/mol. The number of hydrogen-bond acceptors (Lipinski definition) is 4. The zero-order valence-electron chi connectivity index (χ0n) is 14.7. The highest BCUT2D eigenvalue weighted by molar-refractivity contribution is 7.98. The van der Waals surface area contributed by atoms with E-state index in [1.807, 2.05) is 50.4 Å². The molecular weight excluding hydrogens is 336 g/mol. The van der Waals surface area contributed by atoms with Crippen molar-refractivity contribution in [2.45, 2.75) is 31.7 Å². The summed E-state index contributed by atoms with van der Waals surface area (Å²) in [5.74, 6) is 1.23. The summed E-state index contributed by atoms with van der Waals surface area (Å²) in [6, 6.07) is 9.77. The lowest BCUT2D eigenvalue weighted by molar-refractivity contribution is -0.126. The molecule has 0 radical (unpaired) electrons. The Kier molecular flexibility index (Phi) is 5.18. The monoisotopic (exact) mass is 358 g/mol. The molecule has 5 nitrogen and oxygen atoms in total. The molecule has 2 aromatic rings. The number of furan rings is 1. The molecule has 1 N–H and O–H groups in total. The largest absolute Gasteiger partial charge is 0.466 e. The van der Waals surface area contributed by atoms with Gasteiger partial charge in [0.2, 0.25) is 11.8 Å². The fourth-order valence-corrected chi connectivity index (χ4v) is 3.49. The Morgan fingerprint density at radius 2 is 2.04 bits per heavy atom. The molecule has 0 aliphatic carbocycles. The number of benzene rings is 1. The molecule has 1 fully saturated rings. The fraction of sp³-hybridized carbons (Fsp3) is 0.368. The van der Waals surface area contributed by atoms with Gasteiger partial charge in [0.25, 0.3) is 0 Å². The number of amides is 2. The molecule has 3 rings (SSSR count). The first kappa shape index (κ1) is 17.6. The van der Waals surface area contributed by atoms with Gasteiger partial charge in [0.15, 0.2) is 0 Å². The first-order valence-electron chi connectivity index (χ1n) is 8.26. The van der Waals surface area contributed by atoms with Crippen molar-refractivity contribution in [1.29, 1.82) is 0 Å². The highest BCUT2D eigenvalue weighted by Crippen LogP contribution is 2.27. The summed E-state index contributed by atoms with van der Waals surface area (Å²) < 4.78 is 5.47. The number of hydrogen-bond donors (Lipinski definition) is 1. The van der Waals surface area contributed by atoms with Gasteiger partial charge >= 0.3 is 0 Å². The van der Waals surface area contributed by atoms with Crippen molar-refractivity contribution >= 4 is 29.3 Å². The summed E-state index contributed by atoms with van der Waals surface area (Å²) in [4.78, 5) is 27.6. The van der Waals surface area contributed by atoms with Crippen molar-refractivity contribution in [3.8, 4) is 0 Å². The van der Waals surface area contributed by atoms with E-state index >= 15 is 0 Å². The van der Waals surface area contributed by atoms with E-state index in [-0.39, 0.29) is 24.2 Å². The van der Waals surface area contributed by atoms with Crippen LogP contribution in [0, 0.1) is 19.8 Å². The molecule has 0 saturated carbocycles. The lowest BCUT2D eigenvalue weighted by Gasteiger charge is -2.17. The van der Waals surface area contributed by atoms with Crippen molar-refractivity contribution in [3.63, 3.8) is 0 Å². The molecular formula is C19H22N2O3S. The number of aryl methyl sites for hydroxylation is 2. The molecule has 132 valence electrons. The van der Waals surface area contributed by atoms with E-state index in [0.29, 0.717) is 13.1 Å². The summed E-state index contributed by atoms with van der Waals surface area (Å²) in [6.07, 6.45) is 2.26. The fourth-order valence-electron chi connectivity index (χ4n) is 3.08. The van der Waals surface area contributed by atoms with Crippen molar-refractivity contribution in [2.24, 2.45) is 5.92 Å². The van der Waals surface area contributed by atoms with Crippen LogP contribution < -0.4 is 10.2 Å². The second-order valence-electron chi connectivity index (χ2n) is 6.26. The molecule has 0 spiro atoms. The number of carbonyl (C=O) groups is 2. The molecule has 2 amide bonds. The van der Waals surface area contributed by atoms with Gasteiger partial charge in [-0.15, -0.1) is 11.8 Å². The molecule has 25 heavy (non-hydrogen) atoms. The molecule has 6 heteroatoms.